The standard InChI is InChI=1S/C20H20F4N6O3S/c1-19(2,33)10-30-9-11(6-26-30)17-13(20(22,23)24)7-25-18(29-17)28-15-4-3-12(5-14(15)21)34-27-8-16(31)32/h3-7,9,27,33H,8,10H2,1-2H3,(H,31,32)(H,25,28,29). The van der Waals surface area contributed by atoms with E-state index in [1.165, 1.54) is 43.1 Å². The summed E-state index contributed by atoms with van der Waals surface area (Å²) in [5.41, 5.74) is -2.75. The maximum absolute atomic E-state index is 14.5. The SMILES string of the molecule is CC(C)(O)Cn1cc(-c2nc(Nc3ccc(SNCC(=O)O)cc3F)ncc2C(F)(F)F)cn1. The molecule has 0 saturated carbocycles. The highest BCUT2D eigenvalue weighted by Crippen LogP contribution is 2.36. The summed E-state index contributed by atoms with van der Waals surface area (Å²) in [5, 5.41) is 25.1. The molecule has 3 aromatic rings. The van der Waals surface area contributed by atoms with Crippen molar-refractivity contribution in [3.63, 3.8) is 0 Å². The molecule has 0 fully saturated rings. The fourth-order valence-corrected chi connectivity index (χ4v) is 3.46. The summed E-state index contributed by atoms with van der Waals surface area (Å²) < 4.78 is 59.0. The van der Waals surface area contributed by atoms with Crippen LogP contribution in [0.25, 0.3) is 11.3 Å². The topological polar surface area (TPSA) is 125 Å². The summed E-state index contributed by atoms with van der Waals surface area (Å²) >= 11 is 0.906. The van der Waals surface area contributed by atoms with Gasteiger partial charge in [-0.15, -0.1) is 0 Å². The molecule has 1 aromatic carbocycles. The number of carbonyl (C=O) groups is 1. The Labute approximate surface area is 195 Å². The second-order valence-corrected chi connectivity index (χ2v) is 8.74. The van der Waals surface area contributed by atoms with Gasteiger partial charge in [0.05, 0.1) is 29.7 Å². The Morgan fingerprint density at radius 2 is 1.97 bits per heavy atom. The average molecular weight is 500 g/mol. The highest BCUT2D eigenvalue weighted by molar-refractivity contribution is 7.97. The van der Waals surface area contributed by atoms with Crippen LogP contribution >= 0.6 is 11.9 Å². The molecule has 0 atom stereocenters. The average Bonchev–Trinajstić information content (AvgIpc) is 3.15. The molecule has 0 saturated heterocycles. The number of nitrogens with zero attached hydrogens (tertiary/aromatic N) is 4. The number of nitrogens with one attached hydrogen (secondary N) is 2. The van der Waals surface area contributed by atoms with Gasteiger partial charge in [0.2, 0.25) is 5.95 Å². The number of alkyl halides is 3. The van der Waals surface area contributed by atoms with Crippen LogP contribution in [-0.4, -0.2) is 48.1 Å². The van der Waals surface area contributed by atoms with Gasteiger partial charge in [-0.25, -0.2) is 19.1 Å². The number of aliphatic hydroxyl groups is 1. The fraction of sp³-hybridized carbons (Fsp3) is 0.300. The van der Waals surface area contributed by atoms with E-state index in [1.54, 1.807) is 0 Å². The zero-order chi connectivity index (χ0) is 25.1. The molecule has 0 bridgehead atoms. The van der Waals surface area contributed by atoms with Gasteiger partial charge in [-0.2, -0.15) is 18.3 Å². The lowest BCUT2D eigenvalue weighted by atomic mass is 10.1. The molecule has 0 aliphatic heterocycles. The molecular formula is C20H20F4N6O3S. The number of anilines is 2. The van der Waals surface area contributed by atoms with Crippen molar-refractivity contribution >= 4 is 29.6 Å². The lowest BCUT2D eigenvalue weighted by molar-refractivity contribution is -0.137. The molecule has 4 N–H and O–H groups in total. The number of benzene rings is 1. The van der Waals surface area contributed by atoms with Crippen LogP contribution in [0, 0.1) is 5.82 Å². The van der Waals surface area contributed by atoms with E-state index in [4.69, 9.17) is 5.11 Å². The van der Waals surface area contributed by atoms with Crippen molar-refractivity contribution in [3.05, 3.63) is 48.2 Å². The van der Waals surface area contributed by atoms with Gasteiger partial charge in [0.25, 0.3) is 0 Å². The molecule has 0 amide bonds. The minimum Gasteiger partial charge on any atom is -0.480 e. The monoisotopic (exact) mass is 500 g/mol. The first-order chi connectivity index (χ1) is 15.8. The number of carboxylic acids is 1. The van der Waals surface area contributed by atoms with Gasteiger partial charge in [-0.05, 0) is 44.0 Å². The third-order valence-corrected chi connectivity index (χ3v) is 4.93. The molecule has 0 aliphatic carbocycles. The lowest BCUT2D eigenvalue weighted by Crippen LogP contribution is -2.26. The normalized spacial score (nSPS) is 12.1. The van der Waals surface area contributed by atoms with Gasteiger partial charge in [0.15, 0.2) is 0 Å². The van der Waals surface area contributed by atoms with Crippen molar-refractivity contribution in [2.75, 3.05) is 11.9 Å². The molecule has 9 nitrogen and oxygen atoms in total. The predicted molar refractivity (Wildman–Crippen MR) is 116 cm³/mol. The van der Waals surface area contributed by atoms with E-state index in [-0.39, 0.29) is 30.3 Å². The number of aromatic nitrogens is 4. The van der Waals surface area contributed by atoms with Crippen LogP contribution in [0.2, 0.25) is 0 Å². The van der Waals surface area contributed by atoms with Gasteiger partial charge >= 0.3 is 12.1 Å². The molecule has 0 unspecified atom stereocenters. The molecule has 2 aromatic heterocycles. The number of rotatable bonds is 9. The number of hydrogen-bond donors (Lipinski definition) is 4. The molecular weight excluding hydrogens is 480 g/mol. The molecule has 182 valence electrons. The van der Waals surface area contributed by atoms with E-state index < -0.39 is 34.8 Å². The summed E-state index contributed by atoms with van der Waals surface area (Å²) in [4.78, 5) is 18.5. The Balaban J connectivity index is 1.87. The Morgan fingerprint density at radius 1 is 1.24 bits per heavy atom. The Morgan fingerprint density at radius 3 is 2.59 bits per heavy atom. The molecule has 14 heteroatoms. The third-order valence-electron chi connectivity index (χ3n) is 4.15. The minimum atomic E-state index is -4.75. The predicted octanol–water partition coefficient (Wildman–Crippen LogP) is 3.69. The van der Waals surface area contributed by atoms with E-state index in [9.17, 15) is 27.5 Å². The minimum absolute atomic E-state index is 0.0405. The first kappa shape index (κ1) is 25.4. The number of aliphatic carboxylic acids is 1. The molecule has 2 heterocycles. The van der Waals surface area contributed by atoms with Crippen molar-refractivity contribution in [2.45, 2.75) is 37.1 Å². The Bertz CT molecular complexity index is 1180. The van der Waals surface area contributed by atoms with Crippen LogP contribution in [-0.2, 0) is 17.5 Å². The smallest absolute Gasteiger partial charge is 0.419 e. The van der Waals surface area contributed by atoms with E-state index in [0.29, 0.717) is 11.1 Å². The zero-order valence-electron chi connectivity index (χ0n) is 17.9. The van der Waals surface area contributed by atoms with Crippen molar-refractivity contribution < 1.29 is 32.6 Å². The van der Waals surface area contributed by atoms with E-state index in [0.717, 1.165) is 18.0 Å². The lowest BCUT2D eigenvalue weighted by Gasteiger charge is -2.16. The Kier molecular flexibility index (Phi) is 7.43. The second-order valence-electron chi connectivity index (χ2n) is 7.78. The van der Waals surface area contributed by atoms with Crippen LogP contribution < -0.4 is 10.0 Å². The molecule has 0 aliphatic rings. The second kappa shape index (κ2) is 9.95. The van der Waals surface area contributed by atoms with E-state index >= 15 is 0 Å². The first-order valence-electron chi connectivity index (χ1n) is 9.69. The van der Waals surface area contributed by atoms with E-state index in [1.807, 2.05) is 0 Å². The largest absolute Gasteiger partial charge is 0.480 e. The Hall–Kier alpha value is -3.23. The highest BCUT2D eigenvalue weighted by atomic mass is 32.2. The van der Waals surface area contributed by atoms with Gasteiger partial charge in [0, 0.05) is 22.9 Å². The molecule has 0 radical (unpaired) electrons. The van der Waals surface area contributed by atoms with Gasteiger partial charge in [0.1, 0.15) is 17.9 Å². The van der Waals surface area contributed by atoms with Gasteiger partial charge < -0.3 is 15.5 Å². The van der Waals surface area contributed by atoms with Gasteiger partial charge in [-0.3, -0.25) is 9.48 Å². The summed E-state index contributed by atoms with van der Waals surface area (Å²) in [6.45, 7) is 2.77. The molecule has 3 rings (SSSR count). The summed E-state index contributed by atoms with van der Waals surface area (Å²) in [6.07, 6.45) is -1.66. The van der Waals surface area contributed by atoms with Crippen LogP contribution in [0.1, 0.15) is 19.4 Å². The van der Waals surface area contributed by atoms with Gasteiger partial charge in [-0.1, -0.05) is 0 Å². The van der Waals surface area contributed by atoms with Crippen molar-refractivity contribution in [2.24, 2.45) is 0 Å². The summed E-state index contributed by atoms with van der Waals surface area (Å²) in [7, 11) is 0. The quantitative estimate of drug-likeness (QED) is 0.257. The number of halogens is 4. The van der Waals surface area contributed by atoms with Crippen molar-refractivity contribution in [1.82, 2.24) is 24.5 Å². The highest BCUT2D eigenvalue weighted by Gasteiger charge is 2.36. The van der Waals surface area contributed by atoms with Crippen LogP contribution in [0.3, 0.4) is 0 Å². The maximum atomic E-state index is 14.5. The summed E-state index contributed by atoms with van der Waals surface area (Å²) in [5.74, 6) is -2.10. The number of hydrogen-bond acceptors (Lipinski definition) is 8. The van der Waals surface area contributed by atoms with Crippen LogP contribution in [0.15, 0.2) is 41.7 Å². The van der Waals surface area contributed by atoms with E-state index in [2.05, 4.69) is 25.1 Å². The number of carboxylic acid groups (broad SMARTS) is 1. The molecule has 34 heavy (non-hydrogen) atoms. The van der Waals surface area contributed by atoms with Crippen LogP contribution in [0.5, 0.6) is 0 Å². The van der Waals surface area contributed by atoms with Crippen molar-refractivity contribution in [3.8, 4) is 11.3 Å². The van der Waals surface area contributed by atoms with Crippen molar-refractivity contribution in [1.29, 1.82) is 0 Å². The third kappa shape index (κ3) is 6.88. The van der Waals surface area contributed by atoms with Crippen LogP contribution in [0.4, 0.5) is 29.2 Å². The summed E-state index contributed by atoms with van der Waals surface area (Å²) in [6, 6.07) is 3.92. The maximum Gasteiger partial charge on any atom is 0.419 e. The zero-order valence-corrected chi connectivity index (χ0v) is 18.7. The fourth-order valence-electron chi connectivity index (χ4n) is 2.80. The molecule has 0 spiro atoms. The first-order valence-corrected chi connectivity index (χ1v) is 10.5.